The van der Waals surface area contributed by atoms with E-state index >= 15 is 0 Å². The highest BCUT2D eigenvalue weighted by Gasteiger charge is 2.20. The van der Waals surface area contributed by atoms with Crippen LogP contribution in [0.5, 0.6) is 0 Å². The van der Waals surface area contributed by atoms with Crippen LogP contribution < -0.4 is 5.32 Å². The monoisotopic (exact) mass is 307 g/mol. The van der Waals surface area contributed by atoms with E-state index in [4.69, 9.17) is 4.74 Å². The first kappa shape index (κ1) is 16.7. The van der Waals surface area contributed by atoms with E-state index in [0.29, 0.717) is 12.2 Å². The molecule has 2 rings (SSSR count). The maximum Gasteiger partial charge on any atom is 0.292 e. The third kappa shape index (κ3) is 4.42. The second kappa shape index (κ2) is 7.07. The first-order chi connectivity index (χ1) is 10.4. The van der Waals surface area contributed by atoms with Crippen molar-refractivity contribution in [3.05, 3.63) is 33.9 Å². The number of nitrogens with zero attached hydrogens (tertiary/aromatic N) is 2. The van der Waals surface area contributed by atoms with Crippen molar-refractivity contribution in [3.8, 4) is 0 Å². The summed E-state index contributed by atoms with van der Waals surface area (Å²) in [5.41, 5.74) is 1.61. The lowest BCUT2D eigenvalue weighted by Gasteiger charge is -2.26. The fourth-order valence-corrected chi connectivity index (χ4v) is 2.47. The molecule has 22 heavy (non-hydrogen) atoms. The van der Waals surface area contributed by atoms with Gasteiger partial charge in [-0.2, -0.15) is 0 Å². The lowest BCUT2D eigenvalue weighted by Crippen LogP contribution is -2.39. The number of nitrogens with one attached hydrogen (secondary N) is 1. The normalized spacial score (nSPS) is 16.5. The smallest absolute Gasteiger partial charge is 0.292 e. The quantitative estimate of drug-likeness (QED) is 0.669. The summed E-state index contributed by atoms with van der Waals surface area (Å²) in [5.74, 6) is 0. The first-order valence-corrected chi connectivity index (χ1v) is 7.71. The Morgan fingerprint density at radius 2 is 2.00 bits per heavy atom. The molecule has 1 fully saturated rings. The lowest BCUT2D eigenvalue weighted by molar-refractivity contribution is -0.384. The minimum Gasteiger partial charge on any atom is -0.379 e. The summed E-state index contributed by atoms with van der Waals surface area (Å²) in [6.07, 6.45) is 0. The average Bonchev–Trinajstić information content (AvgIpc) is 2.47. The van der Waals surface area contributed by atoms with Crippen molar-refractivity contribution in [2.24, 2.45) is 0 Å². The van der Waals surface area contributed by atoms with Gasteiger partial charge in [-0.3, -0.25) is 15.0 Å². The number of anilines is 1. The van der Waals surface area contributed by atoms with Gasteiger partial charge in [0.05, 0.1) is 18.1 Å². The summed E-state index contributed by atoms with van der Waals surface area (Å²) in [6, 6.07) is 5.46. The maximum absolute atomic E-state index is 11.3. The third-order valence-corrected chi connectivity index (χ3v) is 3.91. The standard InChI is InChI=1S/C16H25N3O3/c1-16(2,3)13-4-5-14(15(12-13)19(20)21)17-6-7-18-8-10-22-11-9-18/h4-5,12,17H,6-11H2,1-3H3. The molecule has 1 aromatic rings. The summed E-state index contributed by atoms with van der Waals surface area (Å²) < 4.78 is 5.31. The van der Waals surface area contributed by atoms with Crippen LogP contribution in [0.2, 0.25) is 0 Å². The minimum absolute atomic E-state index is 0.100. The van der Waals surface area contributed by atoms with Crippen LogP contribution >= 0.6 is 0 Å². The Balaban J connectivity index is 2.01. The van der Waals surface area contributed by atoms with Gasteiger partial charge in [0.1, 0.15) is 5.69 Å². The highest BCUT2D eigenvalue weighted by atomic mass is 16.6. The van der Waals surface area contributed by atoms with Gasteiger partial charge < -0.3 is 10.1 Å². The highest BCUT2D eigenvalue weighted by molar-refractivity contribution is 5.63. The molecule has 0 aliphatic carbocycles. The molecule has 0 amide bonds. The molecule has 0 atom stereocenters. The van der Waals surface area contributed by atoms with Gasteiger partial charge in [-0.1, -0.05) is 26.8 Å². The molecule has 1 aliphatic heterocycles. The van der Waals surface area contributed by atoms with E-state index in [1.807, 2.05) is 12.1 Å². The molecule has 0 saturated carbocycles. The number of ether oxygens (including phenoxy) is 1. The predicted molar refractivity (Wildman–Crippen MR) is 87.5 cm³/mol. The first-order valence-electron chi connectivity index (χ1n) is 7.71. The van der Waals surface area contributed by atoms with Crippen molar-refractivity contribution < 1.29 is 9.66 Å². The number of benzene rings is 1. The summed E-state index contributed by atoms with van der Waals surface area (Å²) in [7, 11) is 0. The number of hydrogen-bond donors (Lipinski definition) is 1. The second-order valence-electron chi connectivity index (χ2n) is 6.62. The van der Waals surface area contributed by atoms with Gasteiger partial charge in [0, 0.05) is 32.2 Å². The van der Waals surface area contributed by atoms with Crippen LogP contribution in [0.3, 0.4) is 0 Å². The summed E-state index contributed by atoms with van der Waals surface area (Å²) in [6.45, 7) is 11.1. The second-order valence-corrected chi connectivity index (χ2v) is 6.62. The Bertz CT molecular complexity index is 520. The van der Waals surface area contributed by atoms with Gasteiger partial charge in [0.25, 0.3) is 5.69 Å². The Morgan fingerprint density at radius 3 is 2.59 bits per heavy atom. The fraction of sp³-hybridized carbons (Fsp3) is 0.625. The van der Waals surface area contributed by atoms with Gasteiger partial charge in [-0.05, 0) is 17.0 Å². The van der Waals surface area contributed by atoms with Crippen LogP contribution in [0, 0.1) is 10.1 Å². The van der Waals surface area contributed by atoms with Gasteiger partial charge >= 0.3 is 0 Å². The van der Waals surface area contributed by atoms with Crippen LogP contribution in [-0.4, -0.2) is 49.2 Å². The van der Waals surface area contributed by atoms with Crippen LogP contribution in [0.1, 0.15) is 26.3 Å². The number of morpholine rings is 1. The van der Waals surface area contributed by atoms with Gasteiger partial charge in [0.2, 0.25) is 0 Å². The fourth-order valence-electron chi connectivity index (χ4n) is 2.47. The van der Waals surface area contributed by atoms with E-state index in [1.54, 1.807) is 6.07 Å². The van der Waals surface area contributed by atoms with Gasteiger partial charge in [-0.25, -0.2) is 0 Å². The van der Waals surface area contributed by atoms with Crippen molar-refractivity contribution >= 4 is 11.4 Å². The molecule has 6 nitrogen and oxygen atoms in total. The average molecular weight is 307 g/mol. The Labute approximate surface area is 131 Å². The van der Waals surface area contributed by atoms with Crippen molar-refractivity contribution in [1.82, 2.24) is 4.90 Å². The third-order valence-electron chi connectivity index (χ3n) is 3.91. The Morgan fingerprint density at radius 1 is 1.32 bits per heavy atom. The van der Waals surface area contributed by atoms with E-state index in [2.05, 4.69) is 31.0 Å². The number of nitro benzene ring substituents is 1. The molecule has 0 aromatic heterocycles. The molecule has 0 radical (unpaired) electrons. The minimum atomic E-state index is -0.313. The van der Waals surface area contributed by atoms with Crippen molar-refractivity contribution in [2.45, 2.75) is 26.2 Å². The Hall–Kier alpha value is -1.66. The molecular weight excluding hydrogens is 282 g/mol. The molecule has 1 aliphatic rings. The van der Waals surface area contributed by atoms with E-state index in [0.717, 1.165) is 38.4 Å². The van der Waals surface area contributed by atoms with Crippen molar-refractivity contribution in [1.29, 1.82) is 0 Å². The summed E-state index contributed by atoms with van der Waals surface area (Å²) >= 11 is 0. The zero-order chi connectivity index (χ0) is 16.2. The van der Waals surface area contributed by atoms with E-state index in [9.17, 15) is 10.1 Å². The molecule has 1 saturated heterocycles. The largest absolute Gasteiger partial charge is 0.379 e. The van der Waals surface area contributed by atoms with E-state index < -0.39 is 0 Å². The molecule has 1 N–H and O–H groups in total. The zero-order valence-electron chi connectivity index (χ0n) is 13.6. The van der Waals surface area contributed by atoms with E-state index in [1.165, 1.54) is 0 Å². The van der Waals surface area contributed by atoms with Crippen LogP contribution in [0.15, 0.2) is 18.2 Å². The molecule has 1 aromatic carbocycles. The molecule has 6 heteroatoms. The van der Waals surface area contributed by atoms with Gasteiger partial charge in [-0.15, -0.1) is 0 Å². The van der Waals surface area contributed by atoms with Crippen LogP contribution in [0.4, 0.5) is 11.4 Å². The van der Waals surface area contributed by atoms with Gasteiger partial charge in [0.15, 0.2) is 0 Å². The zero-order valence-corrected chi connectivity index (χ0v) is 13.6. The Kier molecular flexibility index (Phi) is 5.37. The number of rotatable bonds is 5. The number of nitro groups is 1. The topological polar surface area (TPSA) is 67.6 Å². The molecule has 0 spiro atoms. The maximum atomic E-state index is 11.3. The molecule has 0 unspecified atom stereocenters. The van der Waals surface area contributed by atoms with Crippen molar-refractivity contribution in [3.63, 3.8) is 0 Å². The summed E-state index contributed by atoms with van der Waals surface area (Å²) in [4.78, 5) is 13.3. The summed E-state index contributed by atoms with van der Waals surface area (Å²) in [5, 5.41) is 14.5. The molecule has 0 bridgehead atoms. The SMILES string of the molecule is CC(C)(C)c1ccc(NCCN2CCOCC2)c([N+](=O)[O-])c1. The molecular formula is C16H25N3O3. The highest BCUT2D eigenvalue weighted by Crippen LogP contribution is 2.31. The molecule has 122 valence electrons. The number of hydrogen-bond acceptors (Lipinski definition) is 5. The molecule has 1 heterocycles. The lowest BCUT2D eigenvalue weighted by atomic mass is 9.86. The predicted octanol–water partition coefficient (Wildman–Crippen LogP) is 2.64. The van der Waals surface area contributed by atoms with Crippen LogP contribution in [0.25, 0.3) is 0 Å². The van der Waals surface area contributed by atoms with E-state index in [-0.39, 0.29) is 16.0 Å². The van der Waals surface area contributed by atoms with Crippen LogP contribution in [-0.2, 0) is 10.2 Å². The van der Waals surface area contributed by atoms with Crippen molar-refractivity contribution in [2.75, 3.05) is 44.7 Å².